The first-order chi connectivity index (χ1) is 10.2. The maximum Gasteiger partial charge on any atom is 0.335 e. The summed E-state index contributed by atoms with van der Waals surface area (Å²) in [5.41, 5.74) is 0.278. The van der Waals surface area contributed by atoms with Crippen molar-refractivity contribution in [3.63, 3.8) is 0 Å². The molecule has 0 bridgehead atoms. The van der Waals surface area contributed by atoms with E-state index >= 15 is 0 Å². The largest absolute Gasteiger partial charge is 0.492 e. The number of rotatable bonds is 11. The minimum Gasteiger partial charge on any atom is -0.492 e. The highest BCUT2D eigenvalue weighted by Crippen LogP contribution is 2.20. The van der Waals surface area contributed by atoms with E-state index in [9.17, 15) is 4.79 Å². The van der Waals surface area contributed by atoms with Gasteiger partial charge in [-0.15, -0.1) is 0 Å². The van der Waals surface area contributed by atoms with Gasteiger partial charge in [-0.3, -0.25) is 0 Å². The Morgan fingerprint density at radius 3 is 2.43 bits per heavy atom. The maximum atomic E-state index is 10.8. The Hall–Kier alpha value is 0.150. The molecule has 0 aliphatic carbocycles. The number of hydrogen-bond donors (Lipinski definition) is 1. The Morgan fingerprint density at radius 2 is 1.86 bits per heavy atom. The number of carbonyl (C=O) groups is 1. The number of carboxylic acid groups (broad SMARTS) is 1. The Kier molecular flexibility index (Phi) is 10.7. The summed E-state index contributed by atoms with van der Waals surface area (Å²) in [6, 6.07) is 6.55. The van der Waals surface area contributed by atoms with Crippen LogP contribution in [0.5, 0.6) is 5.75 Å². The molecule has 0 aliphatic rings. The average Bonchev–Trinajstić information content (AvgIpc) is 2.50. The van der Waals surface area contributed by atoms with Crippen LogP contribution in [0, 0.1) is 0 Å². The standard InChI is InChI=1S/C14H18Br2O3S2/c15-5-7-20-10-13(21-8-6-16)9-19-12-3-1-11(2-4-12)14(17)18/h1-4,13H,5-10H2,(H,17,18)/t13-/m0/s1. The summed E-state index contributed by atoms with van der Waals surface area (Å²) >= 11 is 10.7. The molecule has 0 spiro atoms. The van der Waals surface area contributed by atoms with Gasteiger partial charge in [0.05, 0.1) is 5.56 Å². The molecule has 0 radical (unpaired) electrons. The van der Waals surface area contributed by atoms with E-state index in [1.807, 2.05) is 23.5 Å². The first-order valence-electron chi connectivity index (χ1n) is 6.44. The molecule has 0 amide bonds. The lowest BCUT2D eigenvalue weighted by molar-refractivity contribution is 0.0697. The van der Waals surface area contributed by atoms with Crippen LogP contribution in [-0.2, 0) is 0 Å². The van der Waals surface area contributed by atoms with Gasteiger partial charge in [0.1, 0.15) is 12.4 Å². The van der Waals surface area contributed by atoms with Gasteiger partial charge in [-0.25, -0.2) is 4.79 Å². The predicted molar refractivity (Wildman–Crippen MR) is 100 cm³/mol. The number of halogens is 2. The molecule has 3 nitrogen and oxygen atoms in total. The Labute approximate surface area is 150 Å². The molecule has 21 heavy (non-hydrogen) atoms. The zero-order chi connectivity index (χ0) is 15.5. The van der Waals surface area contributed by atoms with E-state index in [-0.39, 0.29) is 5.56 Å². The fourth-order valence-electron chi connectivity index (χ4n) is 1.51. The van der Waals surface area contributed by atoms with Crippen LogP contribution in [0.1, 0.15) is 10.4 Å². The van der Waals surface area contributed by atoms with Crippen LogP contribution < -0.4 is 4.74 Å². The lowest BCUT2D eigenvalue weighted by atomic mass is 10.2. The first-order valence-corrected chi connectivity index (χ1v) is 10.9. The van der Waals surface area contributed by atoms with E-state index in [1.54, 1.807) is 24.3 Å². The van der Waals surface area contributed by atoms with Crippen LogP contribution in [0.25, 0.3) is 0 Å². The molecule has 118 valence electrons. The average molecular weight is 458 g/mol. The Bertz CT molecular complexity index is 415. The molecule has 7 heteroatoms. The highest BCUT2D eigenvalue weighted by Gasteiger charge is 2.11. The van der Waals surface area contributed by atoms with Crippen LogP contribution in [-0.4, -0.2) is 50.9 Å². The van der Waals surface area contributed by atoms with Crippen molar-refractivity contribution >= 4 is 61.4 Å². The second-order valence-electron chi connectivity index (χ2n) is 4.09. The van der Waals surface area contributed by atoms with Crippen molar-refractivity contribution in [1.82, 2.24) is 0 Å². The molecular weight excluding hydrogens is 440 g/mol. The predicted octanol–water partition coefficient (Wildman–Crippen LogP) is 4.39. The third kappa shape index (κ3) is 8.38. The molecule has 0 aliphatic heterocycles. The number of thioether (sulfide) groups is 2. The summed E-state index contributed by atoms with van der Waals surface area (Å²) in [7, 11) is 0. The fraction of sp³-hybridized carbons (Fsp3) is 0.500. The van der Waals surface area contributed by atoms with E-state index in [1.165, 1.54) is 0 Å². The van der Waals surface area contributed by atoms with Gasteiger partial charge in [0.25, 0.3) is 0 Å². The van der Waals surface area contributed by atoms with Gasteiger partial charge < -0.3 is 9.84 Å². The molecular formula is C14H18Br2O3S2. The quantitative estimate of drug-likeness (QED) is 0.394. The fourth-order valence-corrected chi connectivity index (χ4v) is 4.65. The highest BCUT2D eigenvalue weighted by atomic mass is 79.9. The summed E-state index contributed by atoms with van der Waals surface area (Å²) in [4.78, 5) is 10.8. The van der Waals surface area contributed by atoms with Gasteiger partial charge >= 0.3 is 5.97 Å². The Balaban J connectivity index is 2.44. The summed E-state index contributed by atoms with van der Waals surface area (Å²) in [6.45, 7) is 0.638. The molecule has 0 saturated heterocycles. The van der Waals surface area contributed by atoms with Crippen molar-refractivity contribution in [3.05, 3.63) is 29.8 Å². The van der Waals surface area contributed by atoms with Crippen molar-refractivity contribution in [1.29, 1.82) is 0 Å². The lowest BCUT2D eigenvalue weighted by Gasteiger charge is -2.16. The molecule has 0 saturated carbocycles. The van der Waals surface area contributed by atoms with Gasteiger partial charge in [-0.2, -0.15) is 23.5 Å². The molecule has 1 aromatic rings. The van der Waals surface area contributed by atoms with Crippen LogP contribution in [0.4, 0.5) is 0 Å². The summed E-state index contributed by atoms with van der Waals surface area (Å²) in [6.07, 6.45) is 0. The van der Waals surface area contributed by atoms with Crippen LogP contribution in [0.15, 0.2) is 24.3 Å². The molecule has 1 aromatic carbocycles. The number of carboxylic acids is 1. The number of ether oxygens (including phenoxy) is 1. The van der Waals surface area contributed by atoms with E-state index in [0.717, 1.165) is 33.7 Å². The zero-order valence-corrected chi connectivity index (χ0v) is 16.3. The van der Waals surface area contributed by atoms with E-state index in [2.05, 4.69) is 31.9 Å². The molecule has 0 aromatic heterocycles. The van der Waals surface area contributed by atoms with Gasteiger partial charge in [-0.1, -0.05) is 31.9 Å². The lowest BCUT2D eigenvalue weighted by Crippen LogP contribution is -2.18. The van der Waals surface area contributed by atoms with Gasteiger partial charge in [0.15, 0.2) is 0 Å². The third-order valence-corrected chi connectivity index (χ3v) is 6.89. The van der Waals surface area contributed by atoms with Crippen molar-refractivity contribution in [2.75, 3.05) is 34.5 Å². The van der Waals surface area contributed by atoms with E-state index in [4.69, 9.17) is 9.84 Å². The zero-order valence-electron chi connectivity index (χ0n) is 11.5. The van der Waals surface area contributed by atoms with E-state index < -0.39 is 5.97 Å². The number of aromatic carboxylic acids is 1. The van der Waals surface area contributed by atoms with E-state index in [0.29, 0.717) is 11.9 Å². The minimum absolute atomic E-state index is 0.278. The molecule has 1 rings (SSSR count). The maximum absolute atomic E-state index is 10.8. The van der Waals surface area contributed by atoms with Crippen molar-refractivity contribution in [2.24, 2.45) is 0 Å². The van der Waals surface area contributed by atoms with Crippen LogP contribution >= 0.6 is 55.4 Å². The minimum atomic E-state index is -0.918. The monoisotopic (exact) mass is 456 g/mol. The number of benzene rings is 1. The SMILES string of the molecule is O=C(O)c1ccc(OC[C@@H](CSCCBr)SCCBr)cc1. The highest BCUT2D eigenvalue weighted by molar-refractivity contribution is 9.09. The topological polar surface area (TPSA) is 46.5 Å². The summed E-state index contributed by atoms with van der Waals surface area (Å²) in [5.74, 6) is 3.00. The second-order valence-corrected chi connectivity index (χ2v) is 8.23. The summed E-state index contributed by atoms with van der Waals surface area (Å²) in [5, 5.41) is 11.3. The smallest absolute Gasteiger partial charge is 0.335 e. The molecule has 0 unspecified atom stereocenters. The normalized spacial score (nSPS) is 12.1. The number of hydrogen-bond acceptors (Lipinski definition) is 4. The molecule has 1 atom stereocenters. The summed E-state index contributed by atoms with van der Waals surface area (Å²) < 4.78 is 5.78. The van der Waals surface area contributed by atoms with Crippen LogP contribution in [0.3, 0.4) is 0 Å². The third-order valence-electron chi connectivity index (χ3n) is 2.49. The van der Waals surface area contributed by atoms with Crippen molar-refractivity contribution < 1.29 is 14.6 Å². The second kappa shape index (κ2) is 11.7. The number of alkyl halides is 2. The van der Waals surface area contributed by atoms with Crippen molar-refractivity contribution in [2.45, 2.75) is 5.25 Å². The van der Waals surface area contributed by atoms with Gasteiger partial charge in [-0.05, 0) is 24.3 Å². The van der Waals surface area contributed by atoms with Gasteiger partial charge in [0, 0.05) is 33.2 Å². The molecule has 0 fully saturated rings. The van der Waals surface area contributed by atoms with Gasteiger partial charge in [0.2, 0.25) is 0 Å². The molecule has 0 heterocycles. The van der Waals surface area contributed by atoms with Crippen LogP contribution in [0.2, 0.25) is 0 Å². The molecule has 1 N–H and O–H groups in total. The Morgan fingerprint density at radius 1 is 1.19 bits per heavy atom. The first kappa shape index (κ1) is 19.2. The van der Waals surface area contributed by atoms with Crippen molar-refractivity contribution in [3.8, 4) is 5.75 Å².